The number of Topliss-reactive ketones (excluding diaryl/α,β-unsaturated/α-hetero) is 1. The average molecular weight is 568 g/mol. The SMILES string of the molecule is CC(C)CC(NC(=O)c1ccc(-c2csc(N3CCN(C)CC3)n2)cc1)C(=O)N1C[C@H](C(C)C)[C@H]2OCC(=O)[C@H]21. The van der Waals surface area contributed by atoms with Gasteiger partial charge in [-0.25, -0.2) is 4.98 Å². The van der Waals surface area contributed by atoms with E-state index >= 15 is 0 Å². The normalized spacial score (nSPS) is 24.2. The van der Waals surface area contributed by atoms with Gasteiger partial charge in [0.2, 0.25) is 5.91 Å². The molecule has 0 radical (unpaired) electrons. The summed E-state index contributed by atoms with van der Waals surface area (Å²) in [5.74, 6) is 0.0193. The van der Waals surface area contributed by atoms with E-state index in [9.17, 15) is 14.4 Å². The summed E-state index contributed by atoms with van der Waals surface area (Å²) in [6, 6.07) is 6.11. The molecule has 0 bridgehead atoms. The highest BCUT2D eigenvalue weighted by molar-refractivity contribution is 7.14. The number of hydrogen-bond acceptors (Lipinski definition) is 8. The van der Waals surface area contributed by atoms with Crippen LogP contribution >= 0.6 is 11.3 Å². The minimum absolute atomic E-state index is 0.0474. The van der Waals surface area contributed by atoms with Crippen LogP contribution in [0.2, 0.25) is 0 Å². The summed E-state index contributed by atoms with van der Waals surface area (Å²) in [6.45, 7) is 12.8. The maximum atomic E-state index is 13.8. The molecule has 3 fully saturated rings. The maximum absolute atomic E-state index is 13.8. The average Bonchev–Trinajstić information content (AvgIpc) is 3.65. The van der Waals surface area contributed by atoms with Crippen molar-refractivity contribution in [1.82, 2.24) is 20.1 Å². The van der Waals surface area contributed by atoms with E-state index in [1.54, 1.807) is 28.4 Å². The van der Waals surface area contributed by atoms with Gasteiger partial charge in [0, 0.05) is 55.1 Å². The second-order valence-electron chi connectivity index (χ2n) is 12.1. The number of likely N-dealkylation sites (N-methyl/N-ethyl adjacent to an activating group) is 1. The molecule has 3 saturated heterocycles. The van der Waals surface area contributed by atoms with E-state index in [2.05, 4.69) is 41.4 Å². The molecule has 0 saturated carbocycles. The number of nitrogens with zero attached hydrogens (tertiary/aromatic N) is 4. The van der Waals surface area contributed by atoms with E-state index < -0.39 is 12.1 Å². The minimum atomic E-state index is -0.711. The van der Waals surface area contributed by atoms with Crippen LogP contribution in [0, 0.1) is 17.8 Å². The van der Waals surface area contributed by atoms with E-state index in [0.29, 0.717) is 18.5 Å². The summed E-state index contributed by atoms with van der Waals surface area (Å²) in [5.41, 5.74) is 2.33. The van der Waals surface area contributed by atoms with Crippen molar-refractivity contribution in [2.75, 3.05) is 51.3 Å². The highest BCUT2D eigenvalue weighted by Crippen LogP contribution is 2.36. The van der Waals surface area contributed by atoms with Crippen LogP contribution in [0.5, 0.6) is 0 Å². The smallest absolute Gasteiger partial charge is 0.251 e. The van der Waals surface area contributed by atoms with Gasteiger partial charge in [0.15, 0.2) is 10.9 Å². The van der Waals surface area contributed by atoms with E-state index in [-0.39, 0.29) is 48.1 Å². The number of likely N-dealkylation sites (tertiary alicyclic amines) is 1. The molecule has 9 nitrogen and oxygen atoms in total. The van der Waals surface area contributed by atoms with Gasteiger partial charge in [0.1, 0.15) is 18.7 Å². The van der Waals surface area contributed by atoms with Crippen molar-refractivity contribution in [3.63, 3.8) is 0 Å². The lowest BCUT2D eigenvalue weighted by Crippen LogP contribution is -2.52. The summed E-state index contributed by atoms with van der Waals surface area (Å²) >= 11 is 1.64. The highest BCUT2D eigenvalue weighted by Gasteiger charge is 2.53. The number of hydrogen-bond donors (Lipinski definition) is 1. The number of amides is 2. The molecular formula is C30H41N5O4S. The molecule has 1 aromatic carbocycles. The fraction of sp³-hybridized carbons (Fsp3) is 0.600. The van der Waals surface area contributed by atoms with Gasteiger partial charge in [0.25, 0.3) is 5.91 Å². The molecule has 40 heavy (non-hydrogen) atoms. The number of aromatic nitrogens is 1. The van der Waals surface area contributed by atoms with Crippen LogP contribution in [0.1, 0.15) is 44.5 Å². The zero-order valence-corrected chi connectivity index (χ0v) is 24.9. The first kappa shape index (κ1) is 28.7. The van der Waals surface area contributed by atoms with Crippen LogP contribution in [0.25, 0.3) is 11.3 Å². The molecule has 10 heteroatoms. The van der Waals surface area contributed by atoms with Crippen LogP contribution in [0.4, 0.5) is 5.13 Å². The number of thiazole rings is 1. The summed E-state index contributed by atoms with van der Waals surface area (Å²) in [6.07, 6.45) is 0.230. The van der Waals surface area contributed by atoms with Crippen LogP contribution in [0.3, 0.4) is 0 Å². The van der Waals surface area contributed by atoms with Crippen molar-refractivity contribution in [1.29, 1.82) is 0 Å². The predicted molar refractivity (Wildman–Crippen MR) is 157 cm³/mol. The van der Waals surface area contributed by atoms with Crippen molar-refractivity contribution in [2.24, 2.45) is 17.8 Å². The number of benzene rings is 1. The molecule has 216 valence electrons. The van der Waals surface area contributed by atoms with Crippen molar-refractivity contribution in [2.45, 2.75) is 52.3 Å². The Kier molecular flexibility index (Phi) is 8.58. The Balaban J connectivity index is 1.27. The number of fused-ring (bicyclic) bond motifs is 1. The van der Waals surface area contributed by atoms with E-state index in [1.165, 1.54) is 0 Å². The molecule has 1 N–H and O–H groups in total. The minimum Gasteiger partial charge on any atom is -0.367 e. The quantitative estimate of drug-likeness (QED) is 0.524. The number of anilines is 1. The third kappa shape index (κ3) is 5.94. The van der Waals surface area contributed by atoms with Gasteiger partial charge in [-0.05, 0) is 37.4 Å². The number of nitrogens with one attached hydrogen (secondary N) is 1. The largest absolute Gasteiger partial charge is 0.367 e. The first-order valence-electron chi connectivity index (χ1n) is 14.4. The fourth-order valence-electron chi connectivity index (χ4n) is 5.98. The van der Waals surface area contributed by atoms with Crippen LogP contribution < -0.4 is 10.2 Å². The molecule has 3 aliphatic rings. The molecule has 1 aromatic heterocycles. The Hall–Kier alpha value is -2.82. The molecule has 2 aromatic rings. The summed E-state index contributed by atoms with van der Waals surface area (Å²) in [7, 11) is 2.14. The van der Waals surface area contributed by atoms with Crippen molar-refractivity contribution >= 4 is 34.1 Å². The lowest BCUT2D eigenvalue weighted by molar-refractivity contribution is -0.138. The van der Waals surface area contributed by atoms with Crippen LogP contribution in [0.15, 0.2) is 29.6 Å². The van der Waals surface area contributed by atoms with Gasteiger partial charge in [0.05, 0.1) is 11.8 Å². The van der Waals surface area contributed by atoms with E-state index in [0.717, 1.165) is 42.6 Å². The standard InChI is InChI=1S/C30H41N5O4S/c1-18(2)14-23(29(38)35-15-22(19(3)4)27-26(35)25(36)16-39-27)31-28(37)21-8-6-20(7-9-21)24-17-40-30(32-24)34-12-10-33(5)11-13-34/h6-9,17-19,22-23,26-27H,10-16H2,1-5H3,(H,31,37)/t22-,23?,26-,27-/m1/s1. The topological polar surface area (TPSA) is 95.1 Å². The lowest BCUT2D eigenvalue weighted by atomic mass is 9.91. The van der Waals surface area contributed by atoms with Gasteiger partial charge in [-0.15, -0.1) is 11.3 Å². The van der Waals surface area contributed by atoms with Crippen molar-refractivity contribution < 1.29 is 19.1 Å². The van der Waals surface area contributed by atoms with Gasteiger partial charge in [-0.2, -0.15) is 0 Å². The predicted octanol–water partition coefficient (Wildman–Crippen LogP) is 3.16. The second kappa shape index (κ2) is 12.0. The monoisotopic (exact) mass is 567 g/mol. The first-order valence-corrected chi connectivity index (χ1v) is 15.3. The van der Waals surface area contributed by atoms with Gasteiger partial charge < -0.3 is 24.8 Å². The van der Waals surface area contributed by atoms with Crippen LogP contribution in [-0.4, -0.2) is 96.9 Å². The summed E-state index contributed by atoms with van der Waals surface area (Å²) in [5, 5.41) is 6.06. The van der Waals surface area contributed by atoms with Crippen molar-refractivity contribution in [3.05, 3.63) is 35.2 Å². The molecule has 2 amide bonds. The molecule has 1 unspecified atom stereocenters. The highest BCUT2D eigenvalue weighted by atomic mass is 32.1. The Morgan fingerprint density at radius 1 is 1.10 bits per heavy atom. The van der Waals surface area contributed by atoms with E-state index in [1.807, 2.05) is 26.0 Å². The third-order valence-corrected chi connectivity index (χ3v) is 9.28. The fourth-order valence-corrected chi connectivity index (χ4v) is 6.86. The van der Waals surface area contributed by atoms with Gasteiger partial charge in [-0.1, -0.05) is 39.8 Å². The number of piperazine rings is 1. The molecule has 4 heterocycles. The van der Waals surface area contributed by atoms with Crippen LogP contribution in [-0.2, 0) is 14.3 Å². The third-order valence-electron chi connectivity index (χ3n) is 8.38. The second-order valence-corrected chi connectivity index (χ2v) is 13.0. The molecular weight excluding hydrogens is 526 g/mol. The number of rotatable bonds is 8. The van der Waals surface area contributed by atoms with E-state index in [4.69, 9.17) is 9.72 Å². The Morgan fingerprint density at radius 2 is 1.80 bits per heavy atom. The molecule has 4 atom stereocenters. The Morgan fingerprint density at radius 3 is 2.45 bits per heavy atom. The number of carbonyl (C=O) groups excluding carboxylic acids is 3. The van der Waals surface area contributed by atoms with Crippen molar-refractivity contribution in [3.8, 4) is 11.3 Å². The molecule has 0 aliphatic carbocycles. The summed E-state index contributed by atoms with van der Waals surface area (Å²) < 4.78 is 5.80. The molecule has 0 spiro atoms. The Labute approximate surface area is 240 Å². The number of carbonyl (C=O) groups is 3. The zero-order chi connectivity index (χ0) is 28.6. The molecule has 3 aliphatic heterocycles. The van der Waals surface area contributed by atoms with Gasteiger partial charge in [-0.3, -0.25) is 14.4 Å². The molecule has 5 rings (SSSR count). The maximum Gasteiger partial charge on any atom is 0.251 e. The number of ether oxygens (including phenoxy) is 1. The first-order chi connectivity index (χ1) is 19.1. The lowest BCUT2D eigenvalue weighted by Gasteiger charge is -2.32. The summed E-state index contributed by atoms with van der Waals surface area (Å²) in [4.78, 5) is 50.9. The Bertz CT molecular complexity index is 1220. The van der Waals surface area contributed by atoms with Gasteiger partial charge >= 0.3 is 0 Å². The number of ketones is 1. The zero-order valence-electron chi connectivity index (χ0n) is 24.1.